The van der Waals surface area contributed by atoms with Crippen molar-refractivity contribution in [1.82, 2.24) is 25.4 Å². The third-order valence-electron chi connectivity index (χ3n) is 5.52. The maximum atomic E-state index is 5.24. The summed E-state index contributed by atoms with van der Waals surface area (Å²) in [4.78, 5) is 4.77. The summed E-state index contributed by atoms with van der Waals surface area (Å²) in [5, 5.41) is 15.4. The van der Waals surface area contributed by atoms with Gasteiger partial charge in [0.2, 0.25) is 0 Å². The number of aliphatic imine (C=N–C) groups is 1. The van der Waals surface area contributed by atoms with Crippen molar-refractivity contribution in [2.45, 2.75) is 45.7 Å². The summed E-state index contributed by atoms with van der Waals surface area (Å²) in [6.07, 6.45) is 2.94. The highest BCUT2D eigenvalue weighted by atomic mass is 127. The summed E-state index contributed by atoms with van der Waals surface area (Å²) < 4.78 is 7.21. The first-order valence-electron chi connectivity index (χ1n) is 11.1. The molecule has 1 heterocycles. The number of hydrogen-bond acceptors (Lipinski definition) is 4. The van der Waals surface area contributed by atoms with Gasteiger partial charge in [-0.25, -0.2) is 4.99 Å². The molecule has 0 aliphatic carbocycles. The van der Waals surface area contributed by atoms with Gasteiger partial charge in [-0.1, -0.05) is 42.5 Å². The molecule has 0 aliphatic heterocycles. The Balaban J connectivity index is 0.00000385. The Hall–Kier alpha value is -2.62. The number of nitrogens with one attached hydrogen (secondary N) is 2. The molecule has 3 aromatic rings. The van der Waals surface area contributed by atoms with Gasteiger partial charge in [0.25, 0.3) is 0 Å². The summed E-state index contributed by atoms with van der Waals surface area (Å²) in [6, 6.07) is 19.0. The SMILES string of the molecule is COc1ccc(CCNC(=NCc2nnc(C)n2C)NC(C)CCc2ccccc2)cc1.I. The van der Waals surface area contributed by atoms with Gasteiger partial charge in [0.1, 0.15) is 18.1 Å². The van der Waals surface area contributed by atoms with Crippen molar-refractivity contribution in [3.63, 3.8) is 0 Å². The van der Waals surface area contributed by atoms with Crippen LogP contribution in [0.5, 0.6) is 5.75 Å². The fourth-order valence-corrected chi connectivity index (χ4v) is 3.34. The van der Waals surface area contributed by atoms with Crippen LogP contribution in [-0.4, -0.2) is 40.4 Å². The molecule has 1 unspecified atom stereocenters. The zero-order chi connectivity index (χ0) is 22.8. The number of rotatable bonds is 10. The van der Waals surface area contributed by atoms with E-state index in [4.69, 9.17) is 9.73 Å². The van der Waals surface area contributed by atoms with E-state index in [1.165, 1.54) is 11.1 Å². The Morgan fingerprint density at radius 1 is 1.03 bits per heavy atom. The van der Waals surface area contributed by atoms with E-state index < -0.39 is 0 Å². The second kappa shape index (κ2) is 13.8. The van der Waals surface area contributed by atoms with Gasteiger partial charge in [-0.2, -0.15) is 0 Å². The molecule has 0 bridgehead atoms. The van der Waals surface area contributed by atoms with Crippen LogP contribution < -0.4 is 15.4 Å². The van der Waals surface area contributed by atoms with Crippen molar-refractivity contribution >= 4 is 29.9 Å². The summed E-state index contributed by atoms with van der Waals surface area (Å²) in [6.45, 7) is 5.39. The molecule has 2 N–H and O–H groups in total. The smallest absolute Gasteiger partial charge is 0.191 e. The standard InChI is InChI=1S/C25H34N6O.HI/c1-19(10-11-21-8-6-5-7-9-21)28-25(27-18-24-30-29-20(2)31(24)3)26-17-16-22-12-14-23(32-4)15-13-22;/h5-9,12-15,19H,10-11,16-18H2,1-4H3,(H2,26,27,28);1H. The van der Waals surface area contributed by atoms with E-state index in [0.717, 1.165) is 49.2 Å². The van der Waals surface area contributed by atoms with E-state index in [1.807, 2.05) is 30.7 Å². The molecule has 0 spiro atoms. The molecule has 2 aromatic carbocycles. The average molecular weight is 563 g/mol. The van der Waals surface area contributed by atoms with Crippen LogP contribution in [0.4, 0.5) is 0 Å². The number of benzene rings is 2. The number of aryl methyl sites for hydroxylation is 2. The van der Waals surface area contributed by atoms with Crippen molar-refractivity contribution in [2.24, 2.45) is 12.0 Å². The van der Waals surface area contributed by atoms with Crippen LogP contribution in [0.25, 0.3) is 0 Å². The summed E-state index contributed by atoms with van der Waals surface area (Å²) in [5.41, 5.74) is 2.60. The molecule has 0 fully saturated rings. The van der Waals surface area contributed by atoms with E-state index >= 15 is 0 Å². The zero-order valence-corrected chi connectivity index (χ0v) is 22.2. The van der Waals surface area contributed by atoms with Gasteiger partial charge in [-0.05, 0) is 56.4 Å². The minimum absolute atomic E-state index is 0. The topological polar surface area (TPSA) is 76.4 Å². The highest BCUT2D eigenvalue weighted by molar-refractivity contribution is 14.0. The van der Waals surface area contributed by atoms with Crippen LogP contribution in [0.3, 0.4) is 0 Å². The predicted molar refractivity (Wildman–Crippen MR) is 144 cm³/mol. The number of methoxy groups -OCH3 is 1. The molecular weight excluding hydrogens is 527 g/mol. The Bertz CT molecular complexity index is 988. The predicted octanol–water partition coefficient (Wildman–Crippen LogP) is 4.05. The number of aromatic nitrogens is 3. The third kappa shape index (κ3) is 8.68. The van der Waals surface area contributed by atoms with Crippen molar-refractivity contribution in [3.8, 4) is 5.75 Å². The second-order valence-corrected chi connectivity index (χ2v) is 7.98. The lowest BCUT2D eigenvalue weighted by atomic mass is 10.1. The molecule has 8 heteroatoms. The van der Waals surface area contributed by atoms with Crippen molar-refractivity contribution in [3.05, 3.63) is 77.4 Å². The lowest BCUT2D eigenvalue weighted by Crippen LogP contribution is -2.43. The Morgan fingerprint density at radius 2 is 1.73 bits per heavy atom. The normalized spacial score (nSPS) is 12.1. The molecule has 0 amide bonds. The molecule has 33 heavy (non-hydrogen) atoms. The van der Waals surface area contributed by atoms with Gasteiger partial charge in [0.05, 0.1) is 7.11 Å². The molecule has 1 atom stereocenters. The zero-order valence-electron chi connectivity index (χ0n) is 19.9. The molecule has 0 aliphatic rings. The average Bonchev–Trinajstić information content (AvgIpc) is 3.14. The largest absolute Gasteiger partial charge is 0.497 e. The quantitative estimate of drug-likeness (QED) is 0.222. The highest BCUT2D eigenvalue weighted by Crippen LogP contribution is 2.11. The molecular formula is C25H35IN6O. The van der Waals surface area contributed by atoms with Gasteiger partial charge < -0.3 is 19.9 Å². The maximum absolute atomic E-state index is 5.24. The highest BCUT2D eigenvalue weighted by Gasteiger charge is 2.09. The third-order valence-corrected chi connectivity index (χ3v) is 5.52. The molecule has 178 valence electrons. The van der Waals surface area contributed by atoms with E-state index in [1.54, 1.807) is 7.11 Å². The summed E-state index contributed by atoms with van der Waals surface area (Å²) >= 11 is 0. The Morgan fingerprint density at radius 3 is 2.36 bits per heavy atom. The lowest BCUT2D eigenvalue weighted by molar-refractivity contribution is 0.414. The summed E-state index contributed by atoms with van der Waals surface area (Å²) in [7, 11) is 3.65. The van der Waals surface area contributed by atoms with E-state index in [2.05, 4.69) is 70.2 Å². The van der Waals surface area contributed by atoms with Gasteiger partial charge >= 0.3 is 0 Å². The molecule has 1 aromatic heterocycles. The molecule has 3 rings (SSSR count). The number of guanidine groups is 1. The van der Waals surface area contributed by atoms with Crippen LogP contribution in [0.15, 0.2) is 59.6 Å². The van der Waals surface area contributed by atoms with Crippen LogP contribution >= 0.6 is 24.0 Å². The van der Waals surface area contributed by atoms with E-state index in [0.29, 0.717) is 6.54 Å². The van der Waals surface area contributed by atoms with Crippen molar-refractivity contribution < 1.29 is 4.74 Å². The monoisotopic (exact) mass is 562 g/mol. The van der Waals surface area contributed by atoms with E-state index in [9.17, 15) is 0 Å². The lowest BCUT2D eigenvalue weighted by Gasteiger charge is -2.18. The molecule has 0 saturated carbocycles. The second-order valence-electron chi connectivity index (χ2n) is 7.98. The minimum Gasteiger partial charge on any atom is -0.497 e. The van der Waals surface area contributed by atoms with Crippen LogP contribution in [-0.2, 0) is 26.4 Å². The fraction of sp³-hybridized carbons (Fsp3) is 0.400. The van der Waals surface area contributed by atoms with Crippen LogP contribution in [0, 0.1) is 6.92 Å². The van der Waals surface area contributed by atoms with Crippen LogP contribution in [0.1, 0.15) is 36.1 Å². The molecule has 7 nitrogen and oxygen atoms in total. The molecule has 0 radical (unpaired) electrons. The first-order chi connectivity index (χ1) is 15.5. The maximum Gasteiger partial charge on any atom is 0.191 e. The van der Waals surface area contributed by atoms with Crippen molar-refractivity contribution in [2.75, 3.05) is 13.7 Å². The first-order valence-corrected chi connectivity index (χ1v) is 11.1. The van der Waals surface area contributed by atoms with Crippen molar-refractivity contribution in [1.29, 1.82) is 0 Å². The van der Waals surface area contributed by atoms with Gasteiger partial charge in [0, 0.05) is 19.6 Å². The van der Waals surface area contributed by atoms with Gasteiger partial charge in [-0.3, -0.25) is 0 Å². The molecule has 0 saturated heterocycles. The van der Waals surface area contributed by atoms with Gasteiger partial charge in [0.15, 0.2) is 11.8 Å². The number of ether oxygens (including phenoxy) is 1. The number of halogens is 1. The van der Waals surface area contributed by atoms with Gasteiger partial charge in [-0.15, -0.1) is 34.2 Å². The Labute approximate surface area is 214 Å². The Kier molecular flexibility index (Phi) is 11.2. The minimum atomic E-state index is 0. The van der Waals surface area contributed by atoms with E-state index in [-0.39, 0.29) is 30.0 Å². The number of nitrogens with zero attached hydrogens (tertiary/aromatic N) is 4. The van der Waals surface area contributed by atoms with Crippen LogP contribution in [0.2, 0.25) is 0 Å². The first kappa shape index (κ1) is 26.6. The summed E-state index contributed by atoms with van der Waals surface area (Å²) in [5.74, 6) is 3.39. The number of hydrogen-bond donors (Lipinski definition) is 2. The fourth-order valence-electron chi connectivity index (χ4n) is 3.34.